The van der Waals surface area contributed by atoms with Gasteiger partial charge >= 0.3 is 5.97 Å². The molecule has 2 N–H and O–H groups in total. The molecule has 0 radical (unpaired) electrons. The van der Waals surface area contributed by atoms with Crippen molar-refractivity contribution in [1.82, 2.24) is 0 Å². The van der Waals surface area contributed by atoms with Crippen molar-refractivity contribution in [3.63, 3.8) is 0 Å². The van der Waals surface area contributed by atoms with E-state index in [1.54, 1.807) is 38.1 Å². The second-order valence-corrected chi connectivity index (χ2v) is 8.80. The Bertz CT molecular complexity index is 1090. The summed E-state index contributed by atoms with van der Waals surface area (Å²) in [5.41, 5.74) is 3.07. The maximum atomic E-state index is 11.9. The first-order chi connectivity index (χ1) is 15.3. The molecule has 0 amide bonds. The highest BCUT2D eigenvalue weighted by molar-refractivity contribution is 7.80. The minimum absolute atomic E-state index is 0.357. The fourth-order valence-electron chi connectivity index (χ4n) is 3.33. The molecule has 168 valence electrons. The van der Waals surface area contributed by atoms with Crippen molar-refractivity contribution in [3.05, 3.63) is 83.4 Å². The summed E-state index contributed by atoms with van der Waals surface area (Å²) < 4.78 is 28.4. The third-order valence-corrected chi connectivity index (χ3v) is 6.11. The second-order valence-electron chi connectivity index (χ2n) is 7.53. The molecule has 3 aromatic rings. The smallest absolute Gasteiger partial charge is 0.327 e. The first-order valence-corrected chi connectivity index (χ1v) is 11.4. The lowest BCUT2D eigenvalue weighted by atomic mass is 10.0. The maximum absolute atomic E-state index is 11.9. The largest absolute Gasteiger partial charge is 0.489 e. The van der Waals surface area contributed by atoms with Crippen LogP contribution in [-0.2, 0) is 22.7 Å². The Morgan fingerprint density at radius 2 is 1.56 bits per heavy atom. The van der Waals surface area contributed by atoms with Gasteiger partial charge in [0.15, 0.2) is 0 Å². The molecule has 0 spiro atoms. The molecule has 2 unspecified atom stereocenters. The molecular formula is C24H24ClNO5S. The van der Waals surface area contributed by atoms with Crippen molar-refractivity contribution in [3.8, 4) is 16.9 Å². The van der Waals surface area contributed by atoms with Gasteiger partial charge in [-0.05, 0) is 47.4 Å². The summed E-state index contributed by atoms with van der Waals surface area (Å²) in [6.45, 7) is 3.76. The normalized spacial score (nSPS) is 12.9. The number of carboxylic acid groups (broad SMARTS) is 1. The number of nitrogens with zero attached hydrogens (tertiary/aromatic N) is 1. The summed E-state index contributed by atoms with van der Waals surface area (Å²) in [5.74, 6) is -0.811. The number of aliphatic carboxylic acids is 1. The van der Waals surface area contributed by atoms with Gasteiger partial charge in [0.05, 0.1) is 5.69 Å². The van der Waals surface area contributed by atoms with Crippen LogP contribution in [0.4, 0.5) is 5.69 Å². The van der Waals surface area contributed by atoms with E-state index < -0.39 is 23.3 Å². The van der Waals surface area contributed by atoms with Crippen LogP contribution in [0.25, 0.3) is 11.1 Å². The van der Waals surface area contributed by atoms with Crippen LogP contribution in [0.3, 0.4) is 0 Å². The molecule has 6 nitrogen and oxygen atoms in total. The molecule has 3 rings (SSSR count). The van der Waals surface area contributed by atoms with E-state index in [1.165, 1.54) is 0 Å². The lowest BCUT2D eigenvalue weighted by Gasteiger charge is -2.29. The van der Waals surface area contributed by atoms with Crippen molar-refractivity contribution in [2.75, 3.05) is 4.31 Å². The van der Waals surface area contributed by atoms with E-state index in [9.17, 15) is 18.7 Å². The molecule has 0 bridgehead atoms. The summed E-state index contributed by atoms with van der Waals surface area (Å²) in [6, 6.07) is 20.8. The number of rotatable bonds is 9. The van der Waals surface area contributed by atoms with Crippen LogP contribution >= 0.6 is 11.6 Å². The molecule has 2 atom stereocenters. The number of ether oxygens (including phenoxy) is 1. The van der Waals surface area contributed by atoms with Gasteiger partial charge in [-0.2, -0.15) is 0 Å². The lowest BCUT2D eigenvalue weighted by molar-refractivity contribution is -0.139. The molecular weight excluding hydrogens is 450 g/mol. The van der Waals surface area contributed by atoms with E-state index in [2.05, 4.69) is 0 Å². The topological polar surface area (TPSA) is 87.1 Å². The predicted molar refractivity (Wildman–Crippen MR) is 127 cm³/mol. The van der Waals surface area contributed by atoms with Gasteiger partial charge in [0.2, 0.25) is 0 Å². The third kappa shape index (κ3) is 5.68. The van der Waals surface area contributed by atoms with E-state index in [-0.39, 0.29) is 5.92 Å². The zero-order chi connectivity index (χ0) is 23.3. The summed E-state index contributed by atoms with van der Waals surface area (Å²) in [5, 5.41) is 10.2. The quantitative estimate of drug-likeness (QED) is 0.393. The average Bonchev–Trinajstić information content (AvgIpc) is 2.76. The van der Waals surface area contributed by atoms with Crippen LogP contribution in [0.2, 0.25) is 5.02 Å². The third-order valence-electron chi connectivity index (χ3n) is 4.97. The summed E-state index contributed by atoms with van der Waals surface area (Å²) in [7, 11) is 0. The molecule has 0 aliphatic heterocycles. The summed E-state index contributed by atoms with van der Waals surface area (Å²) in [6.07, 6.45) is 0. The fourth-order valence-corrected chi connectivity index (χ4v) is 4.35. The number of benzene rings is 3. The van der Waals surface area contributed by atoms with Crippen LogP contribution in [-0.4, -0.2) is 25.9 Å². The molecule has 0 heterocycles. The van der Waals surface area contributed by atoms with Gasteiger partial charge in [-0.25, -0.2) is 9.00 Å². The van der Waals surface area contributed by atoms with Gasteiger partial charge in [0.1, 0.15) is 18.4 Å². The summed E-state index contributed by atoms with van der Waals surface area (Å²) >= 11 is 3.68. The zero-order valence-electron chi connectivity index (χ0n) is 17.6. The Hall–Kier alpha value is -2.87. The lowest BCUT2D eigenvalue weighted by Crippen LogP contribution is -2.45. The van der Waals surface area contributed by atoms with Gasteiger partial charge < -0.3 is 9.84 Å². The van der Waals surface area contributed by atoms with E-state index in [0.29, 0.717) is 23.1 Å². The molecule has 3 aromatic carbocycles. The van der Waals surface area contributed by atoms with Gasteiger partial charge in [0.25, 0.3) is 11.3 Å². The Kier molecular flexibility index (Phi) is 7.90. The number of hydrogen-bond donors (Lipinski definition) is 2. The molecule has 0 saturated carbocycles. The summed E-state index contributed by atoms with van der Waals surface area (Å²) in [4.78, 5) is 11.6. The first kappa shape index (κ1) is 23.8. The van der Waals surface area contributed by atoms with E-state index in [1.807, 2.05) is 48.5 Å². The highest BCUT2D eigenvalue weighted by Gasteiger charge is 2.32. The number of hydrogen-bond acceptors (Lipinski definition) is 3. The van der Waals surface area contributed by atoms with E-state index in [4.69, 9.17) is 16.3 Å². The number of carbonyl (C=O) groups is 1. The molecule has 32 heavy (non-hydrogen) atoms. The average molecular weight is 474 g/mol. The highest BCUT2D eigenvalue weighted by atomic mass is 35.5. The molecule has 0 aromatic heterocycles. The highest BCUT2D eigenvalue weighted by Crippen LogP contribution is 2.28. The van der Waals surface area contributed by atoms with Crippen LogP contribution in [0.15, 0.2) is 72.8 Å². The number of halogens is 1. The Balaban J connectivity index is 1.74. The van der Waals surface area contributed by atoms with Gasteiger partial charge in [-0.1, -0.05) is 67.9 Å². The Morgan fingerprint density at radius 1 is 1.00 bits per heavy atom. The monoisotopic (exact) mass is 473 g/mol. The van der Waals surface area contributed by atoms with Crippen LogP contribution in [0.1, 0.15) is 19.4 Å². The predicted octanol–water partition coefficient (Wildman–Crippen LogP) is 5.64. The van der Waals surface area contributed by atoms with Gasteiger partial charge in [-0.3, -0.25) is 8.86 Å². The Morgan fingerprint density at radius 3 is 2.06 bits per heavy atom. The van der Waals surface area contributed by atoms with Gasteiger partial charge in [0, 0.05) is 10.6 Å². The number of carboxylic acids is 1. The SMILES string of the molecule is CC(C)C(C(=O)O)N(c1ccc(-c2ccc(OCc3ccccc3Cl)cc2)cc1)S(=O)O. The molecule has 0 saturated heterocycles. The Labute approximate surface area is 194 Å². The van der Waals surface area contributed by atoms with E-state index >= 15 is 0 Å². The fraction of sp³-hybridized carbons (Fsp3) is 0.208. The van der Waals surface area contributed by atoms with Crippen LogP contribution < -0.4 is 9.04 Å². The molecule has 8 heteroatoms. The molecule has 0 aliphatic carbocycles. The zero-order valence-corrected chi connectivity index (χ0v) is 19.2. The molecule has 0 fully saturated rings. The van der Waals surface area contributed by atoms with Crippen LogP contribution in [0.5, 0.6) is 5.75 Å². The van der Waals surface area contributed by atoms with Crippen molar-refractivity contribution in [2.45, 2.75) is 26.5 Å². The minimum atomic E-state index is -2.47. The number of anilines is 1. The van der Waals surface area contributed by atoms with Crippen molar-refractivity contribution in [1.29, 1.82) is 0 Å². The van der Waals surface area contributed by atoms with Crippen molar-refractivity contribution < 1.29 is 23.4 Å². The standard InChI is InChI=1S/C24H24ClNO5S/c1-16(2)23(24(27)28)26(32(29)30)20-11-7-17(8-12-20)18-9-13-21(14-10-18)31-15-19-5-3-4-6-22(19)25/h3-14,16,23H,15H2,1-2H3,(H,27,28)(H,29,30). The van der Waals surface area contributed by atoms with Crippen molar-refractivity contribution >= 4 is 34.5 Å². The van der Waals surface area contributed by atoms with E-state index in [0.717, 1.165) is 21.0 Å². The van der Waals surface area contributed by atoms with Crippen molar-refractivity contribution in [2.24, 2.45) is 5.92 Å². The maximum Gasteiger partial charge on any atom is 0.327 e. The minimum Gasteiger partial charge on any atom is -0.489 e. The second kappa shape index (κ2) is 10.6. The van der Waals surface area contributed by atoms with Gasteiger partial charge in [-0.15, -0.1) is 0 Å². The van der Waals surface area contributed by atoms with Crippen LogP contribution in [0, 0.1) is 5.92 Å². The molecule has 0 aliphatic rings. The first-order valence-electron chi connectivity index (χ1n) is 9.97.